The van der Waals surface area contributed by atoms with E-state index < -0.39 is 5.76 Å². The average Bonchev–Trinajstić information content (AvgIpc) is 3.18. The molecular weight excluding hydrogens is 266 g/mol. The van der Waals surface area contributed by atoms with Crippen molar-refractivity contribution in [3.05, 3.63) is 46.5 Å². The molecule has 108 valence electrons. The Morgan fingerprint density at radius 2 is 2.19 bits per heavy atom. The largest absolute Gasteiger partial charge is 0.426 e. The standard InChI is InChI=1S/C17H17NO3/c1-2-11-4-3-5-14-15(11)18(17(20)21-14)16(19)13-9-10-6-7-12(13)8-10/h3-7,10,12-13H,2,8-9H2,1H3/t10-,12+,13-/m0/s1. The van der Waals surface area contributed by atoms with Crippen LogP contribution in [0.15, 0.2) is 39.6 Å². The third kappa shape index (κ3) is 1.75. The highest BCUT2D eigenvalue weighted by Crippen LogP contribution is 2.44. The van der Waals surface area contributed by atoms with Gasteiger partial charge in [-0.15, -0.1) is 0 Å². The van der Waals surface area contributed by atoms with E-state index in [1.165, 1.54) is 4.57 Å². The van der Waals surface area contributed by atoms with Crippen LogP contribution in [0.4, 0.5) is 0 Å². The highest BCUT2D eigenvalue weighted by atomic mass is 16.4. The predicted molar refractivity (Wildman–Crippen MR) is 79.3 cm³/mol. The van der Waals surface area contributed by atoms with E-state index in [-0.39, 0.29) is 17.7 Å². The first-order valence-electron chi connectivity index (χ1n) is 7.55. The predicted octanol–water partition coefficient (Wildman–Crippen LogP) is 3.01. The summed E-state index contributed by atoms with van der Waals surface area (Å²) in [6, 6.07) is 5.56. The molecule has 0 spiro atoms. The van der Waals surface area contributed by atoms with Crippen molar-refractivity contribution >= 4 is 17.0 Å². The van der Waals surface area contributed by atoms with Gasteiger partial charge in [0.15, 0.2) is 5.58 Å². The molecule has 1 heterocycles. The van der Waals surface area contributed by atoms with Gasteiger partial charge in [0.05, 0.1) is 0 Å². The Kier molecular flexibility index (Phi) is 2.67. The molecule has 2 aromatic rings. The van der Waals surface area contributed by atoms with Gasteiger partial charge in [-0.1, -0.05) is 31.2 Å². The molecule has 1 aromatic heterocycles. The zero-order chi connectivity index (χ0) is 14.6. The van der Waals surface area contributed by atoms with Crippen LogP contribution in [0.25, 0.3) is 11.1 Å². The van der Waals surface area contributed by atoms with Gasteiger partial charge in [0, 0.05) is 5.92 Å². The van der Waals surface area contributed by atoms with Crippen LogP contribution in [-0.2, 0) is 6.42 Å². The van der Waals surface area contributed by atoms with Crippen molar-refractivity contribution in [2.45, 2.75) is 26.2 Å². The Bertz CT molecular complexity index is 811. The summed E-state index contributed by atoms with van der Waals surface area (Å²) >= 11 is 0. The first-order chi connectivity index (χ1) is 10.2. The van der Waals surface area contributed by atoms with E-state index in [0.29, 0.717) is 17.0 Å². The lowest BCUT2D eigenvalue weighted by atomic mass is 9.92. The fraction of sp³-hybridized carbons (Fsp3) is 0.412. The lowest BCUT2D eigenvalue weighted by Crippen LogP contribution is -2.31. The third-order valence-electron chi connectivity index (χ3n) is 4.88. The summed E-state index contributed by atoms with van der Waals surface area (Å²) in [6.07, 6.45) is 6.99. The number of benzene rings is 1. The van der Waals surface area contributed by atoms with Gasteiger partial charge >= 0.3 is 5.76 Å². The Morgan fingerprint density at radius 1 is 1.33 bits per heavy atom. The Morgan fingerprint density at radius 3 is 2.86 bits per heavy atom. The summed E-state index contributed by atoms with van der Waals surface area (Å²) in [5, 5.41) is 0. The fourth-order valence-corrected chi connectivity index (χ4v) is 3.85. The van der Waals surface area contributed by atoms with Gasteiger partial charge in [0.2, 0.25) is 5.91 Å². The van der Waals surface area contributed by atoms with Crippen LogP contribution in [0, 0.1) is 17.8 Å². The second-order valence-corrected chi connectivity index (χ2v) is 6.05. The van der Waals surface area contributed by atoms with Crippen molar-refractivity contribution in [1.29, 1.82) is 0 Å². The number of allylic oxidation sites excluding steroid dienone is 2. The second-order valence-electron chi connectivity index (χ2n) is 6.05. The molecule has 1 aromatic carbocycles. The molecule has 0 unspecified atom stereocenters. The van der Waals surface area contributed by atoms with Gasteiger partial charge in [-0.05, 0) is 42.7 Å². The monoisotopic (exact) mass is 283 g/mol. The number of carbonyl (C=O) groups excluding carboxylic acids is 1. The molecule has 0 aliphatic heterocycles. The van der Waals surface area contributed by atoms with Crippen LogP contribution >= 0.6 is 0 Å². The number of hydrogen-bond acceptors (Lipinski definition) is 3. The SMILES string of the molecule is CCc1cccc2oc(=O)n(C(=O)[C@H]3C[C@H]4C=C[C@@H]3C4)c12. The maximum atomic E-state index is 12.9. The molecule has 2 aliphatic carbocycles. The minimum atomic E-state index is -0.553. The number of carbonyl (C=O) groups is 1. The fourth-order valence-electron chi connectivity index (χ4n) is 3.85. The van der Waals surface area contributed by atoms with Crippen LogP contribution in [0.3, 0.4) is 0 Å². The van der Waals surface area contributed by atoms with Crippen LogP contribution in [0.1, 0.15) is 30.1 Å². The van der Waals surface area contributed by atoms with Crippen molar-refractivity contribution in [1.82, 2.24) is 4.57 Å². The number of aromatic nitrogens is 1. The summed E-state index contributed by atoms with van der Waals surface area (Å²) in [5.41, 5.74) is 2.14. The Balaban J connectivity index is 1.86. The second kappa shape index (κ2) is 4.45. The number of nitrogens with zero attached hydrogens (tertiary/aromatic N) is 1. The van der Waals surface area contributed by atoms with Crippen molar-refractivity contribution < 1.29 is 9.21 Å². The highest BCUT2D eigenvalue weighted by molar-refractivity contribution is 5.92. The zero-order valence-corrected chi connectivity index (χ0v) is 11.9. The lowest BCUT2D eigenvalue weighted by molar-refractivity contribution is 0.0810. The van der Waals surface area contributed by atoms with Gasteiger partial charge in [-0.25, -0.2) is 9.36 Å². The number of para-hydroxylation sites is 1. The lowest BCUT2D eigenvalue weighted by Gasteiger charge is -2.16. The Hall–Kier alpha value is -2.10. The molecule has 0 saturated heterocycles. The van der Waals surface area contributed by atoms with E-state index in [4.69, 9.17) is 4.42 Å². The van der Waals surface area contributed by atoms with Gasteiger partial charge in [0.1, 0.15) is 5.52 Å². The van der Waals surface area contributed by atoms with E-state index in [2.05, 4.69) is 12.2 Å². The molecule has 4 rings (SSSR count). The number of aryl methyl sites for hydroxylation is 1. The molecule has 3 atom stereocenters. The summed E-state index contributed by atoms with van der Waals surface area (Å²) in [6.45, 7) is 2.02. The normalized spacial score (nSPS) is 26.8. The first-order valence-corrected chi connectivity index (χ1v) is 7.55. The molecule has 0 radical (unpaired) electrons. The summed E-state index contributed by atoms with van der Waals surface area (Å²) in [5.74, 6) is 0.0548. The van der Waals surface area contributed by atoms with Crippen LogP contribution in [-0.4, -0.2) is 10.5 Å². The Labute approximate surface area is 122 Å². The molecule has 4 heteroatoms. The van der Waals surface area contributed by atoms with E-state index >= 15 is 0 Å². The molecule has 21 heavy (non-hydrogen) atoms. The van der Waals surface area contributed by atoms with E-state index in [0.717, 1.165) is 24.8 Å². The number of rotatable bonds is 2. The zero-order valence-electron chi connectivity index (χ0n) is 11.9. The van der Waals surface area contributed by atoms with Crippen LogP contribution in [0.5, 0.6) is 0 Å². The molecule has 1 fully saturated rings. The molecular formula is C17H17NO3. The molecule has 1 saturated carbocycles. The van der Waals surface area contributed by atoms with Gasteiger partial charge in [0.25, 0.3) is 0 Å². The van der Waals surface area contributed by atoms with Gasteiger partial charge in [-0.3, -0.25) is 4.79 Å². The maximum absolute atomic E-state index is 12.9. The molecule has 2 aliphatic rings. The van der Waals surface area contributed by atoms with Crippen molar-refractivity contribution in [3.63, 3.8) is 0 Å². The first kappa shape index (κ1) is 12.6. The van der Waals surface area contributed by atoms with Crippen LogP contribution < -0.4 is 5.76 Å². The van der Waals surface area contributed by atoms with Crippen molar-refractivity contribution in [2.75, 3.05) is 0 Å². The van der Waals surface area contributed by atoms with Crippen molar-refractivity contribution in [3.8, 4) is 0 Å². The molecule has 0 amide bonds. The summed E-state index contributed by atoms with van der Waals surface area (Å²) in [4.78, 5) is 25.0. The average molecular weight is 283 g/mol. The van der Waals surface area contributed by atoms with Gasteiger partial charge in [-0.2, -0.15) is 0 Å². The third-order valence-corrected chi connectivity index (χ3v) is 4.88. The number of oxazole rings is 1. The number of fused-ring (bicyclic) bond motifs is 3. The summed E-state index contributed by atoms with van der Waals surface area (Å²) in [7, 11) is 0. The molecule has 4 nitrogen and oxygen atoms in total. The molecule has 0 N–H and O–H groups in total. The molecule has 2 bridgehead atoms. The topological polar surface area (TPSA) is 52.2 Å². The van der Waals surface area contributed by atoms with Crippen LogP contribution in [0.2, 0.25) is 0 Å². The van der Waals surface area contributed by atoms with E-state index in [1.807, 2.05) is 19.1 Å². The summed E-state index contributed by atoms with van der Waals surface area (Å²) < 4.78 is 6.54. The van der Waals surface area contributed by atoms with E-state index in [9.17, 15) is 9.59 Å². The van der Waals surface area contributed by atoms with Gasteiger partial charge < -0.3 is 4.42 Å². The maximum Gasteiger partial charge on any atom is 0.426 e. The minimum Gasteiger partial charge on any atom is -0.407 e. The highest BCUT2D eigenvalue weighted by Gasteiger charge is 2.41. The smallest absolute Gasteiger partial charge is 0.407 e. The van der Waals surface area contributed by atoms with Crippen molar-refractivity contribution in [2.24, 2.45) is 17.8 Å². The minimum absolute atomic E-state index is 0.0802. The quantitative estimate of drug-likeness (QED) is 0.796. The van der Waals surface area contributed by atoms with E-state index in [1.54, 1.807) is 6.07 Å². The number of hydrogen-bond donors (Lipinski definition) is 0.